The number of ether oxygens (including phenoxy) is 1. The third kappa shape index (κ3) is 4.65. The Kier molecular flexibility index (Phi) is 5.90. The molecule has 0 radical (unpaired) electrons. The lowest BCUT2D eigenvalue weighted by molar-refractivity contribution is -0.137. The Balaban J connectivity index is 1.64. The highest BCUT2D eigenvalue weighted by Crippen LogP contribution is 2.36. The molecule has 0 atom stereocenters. The Hall–Kier alpha value is -2.98. The SMILES string of the molecule is O=CN(CCOc1cccc(N2C=NNN2)c1)c1ccc(Cl)c(C(F)(F)F)c1. The van der Waals surface area contributed by atoms with Gasteiger partial charge >= 0.3 is 6.18 Å². The maximum absolute atomic E-state index is 13.0. The van der Waals surface area contributed by atoms with E-state index < -0.39 is 16.8 Å². The second-order valence-electron chi connectivity index (χ2n) is 5.64. The topological polar surface area (TPSA) is 69.2 Å². The molecular formula is C17H15ClF3N5O2. The number of rotatable bonds is 7. The van der Waals surface area contributed by atoms with Crippen LogP contribution in [-0.4, -0.2) is 25.9 Å². The largest absolute Gasteiger partial charge is 0.492 e. The molecule has 1 aliphatic rings. The van der Waals surface area contributed by atoms with Gasteiger partial charge in [-0.05, 0) is 30.3 Å². The third-order valence-corrected chi connectivity index (χ3v) is 4.15. The molecule has 2 aromatic rings. The fourth-order valence-corrected chi connectivity index (χ4v) is 2.69. The zero-order valence-electron chi connectivity index (χ0n) is 14.3. The standard InChI is InChI=1S/C17H15ClF3N5O2/c18-16-5-4-12(9-15(16)17(19,20)21)25(11-27)6-7-28-14-3-1-2-13(8-14)26-10-22-23-24-26/h1-5,8-11,23-24H,6-7H2. The van der Waals surface area contributed by atoms with E-state index in [0.29, 0.717) is 12.2 Å². The van der Waals surface area contributed by atoms with Crippen molar-refractivity contribution in [2.45, 2.75) is 6.18 Å². The van der Waals surface area contributed by atoms with Gasteiger partial charge in [-0.1, -0.05) is 17.7 Å². The molecule has 1 heterocycles. The summed E-state index contributed by atoms with van der Waals surface area (Å²) in [5, 5.41) is 4.99. The van der Waals surface area contributed by atoms with Gasteiger partial charge in [0, 0.05) is 11.8 Å². The zero-order valence-corrected chi connectivity index (χ0v) is 15.0. The molecule has 7 nitrogen and oxygen atoms in total. The van der Waals surface area contributed by atoms with Crippen LogP contribution < -0.4 is 25.7 Å². The number of hydrogen-bond donors (Lipinski definition) is 2. The predicted molar refractivity (Wildman–Crippen MR) is 99.0 cm³/mol. The molecule has 2 N–H and O–H groups in total. The van der Waals surface area contributed by atoms with Crippen LogP contribution in [-0.2, 0) is 11.0 Å². The molecular weight excluding hydrogens is 399 g/mol. The van der Waals surface area contributed by atoms with E-state index in [2.05, 4.69) is 16.2 Å². The maximum Gasteiger partial charge on any atom is 0.417 e. The molecule has 0 saturated carbocycles. The molecule has 0 saturated heterocycles. The molecule has 1 amide bonds. The number of nitrogens with zero attached hydrogens (tertiary/aromatic N) is 3. The fourth-order valence-electron chi connectivity index (χ4n) is 2.47. The van der Waals surface area contributed by atoms with Crippen LogP contribution in [0, 0.1) is 0 Å². The van der Waals surface area contributed by atoms with E-state index in [9.17, 15) is 18.0 Å². The van der Waals surface area contributed by atoms with E-state index in [0.717, 1.165) is 22.7 Å². The normalized spacial score (nSPS) is 13.4. The average molecular weight is 414 g/mol. The molecule has 148 valence electrons. The van der Waals surface area contributed by atoms with Crippen molar-refractivity contribution in [3.63, 3.8) is 0 Å². The summed E-state index contributed by atoms with van der Waals surface area (Å²) in [7, 11) is 0. The second kappa shape index (κ2) is 8.36. The van der Waals surface area contributed by atoms with Gasteiger partial charge in [0.15, 0.2) is 0 Å². The van der Waals surface area contributed by atoms with Crippen LogP contribution in [0.15, 0.2) is 47.6 Å². The highest BCUT2D eigenvalue weighted by Gasteiger charge is 2.33. The monoisotopic (exact) mass is 413 g/mol. The van der Waals surface area contributed by atoms with Gasteiger partial charge in [-0.3, -0.25) is 4.79 Å². The van der Waals surface area contributed by atoms with E-state index in [1.54, 1.807) is 23.2 Å². The number of amides is 1. The number of hydrazine groups is 2. The smallest absolute Gasteiger partial charge is 0.417 e. The van der Waals surface area contributed by atoms with Gasteiger partial charge in [-0.25, -0.2) is 10.5 Å². The van der Waals surface area contributed by atoms with Crippen LogP contribution >= 0.6 is 11.6 Å². The number of benzene rings is 2. The van der Waals surface area contributed by atoms with Gasteiger partial charge in [-0.15, -0.1) is 5.53 Å². The fraction of sp³-hybridized carbons (Fsp3) is 0.176. The van der Waals surface area contributed by atoms with E-state index in [1.807, 2.05) is 6.07 Å². The summed E-state index contributed by atoms with van der Waals surface area (Å²) < 4.78 is 44.6. The summed E-state index contributed by atoms with van der Waals surface area (Å²) >= 11 is 5.61. The van der Waals surface area contributed by atoms with Crippen molar-refractivity contribution < 1.29 is 22.7 Å². The molecule has 0 unspecified atom stereocenters. The van der Waals surface area contributed by atoms with Gasteiger partial charge in [0.05, 0.1) is 22.8 Å². The van der Waals surface area contributed by atoms with Crippen LogP contribution in [0.4, 0.5) is 24.5 Å². The van der Waals surface area contributed by atoms with E-state index in [-0.39, 0.29) is 18.8 Å². The number of halogens is 4. The molecule has 0 spiro atoms. The Labute approximate surface area is 163 Å². The number of carbonyl (C=O) groups is 1. The molecule has 3 rings (SSSR count). The Morgan fingerprint density at radius 3 is 2.75 bits per heavy atom. The Morgan fingerprint density at radius 2 is 2.07 bits per heavy atom. The Morgan fingerprint density at radius 1 is 1.25 bits per heavy atom. The first kappa shape index (κ1) is 19.8. The van der Waals surface area contributed by atoms with Crippen LogP contribution in [0.1, 0.15) is 5.56 Å². The van der Waals surface area contributed by atoms with Gasteiger partial charge in [0.25, 0.3) is 0 Å². The minimum atomic E-state index is -4.61. The minimum absolute atomic E-state index is 0.0532. The maximum atomic E-state index is 13.0. The van der Waals surface area contributed by atoms with Crippen molar-refractivity contribution >= 4 is 35.7 Å². The zero-order chi connectivity index (χ0) is 20.1. The van der Waals surface area contributed by atoms with Crippen molar-refractivity contribution in [2.75, 3.05) is 23.1 Å². The first-order chi connectivity index (χ1) is 13.4. The van der Waals surface area contributed by atoms with E-state index >= 15 is 0 Å². The van der Waals surface area contributed by atoms with Crippen LogP contribution in [0.25, 0.3) is 0 Å². The van der Waals surface area contributed by atoms with Crippen LogP contribution in [0.5, 0.6) is 5.75 Å². The molecule has 1 aliphatic heterocycles. The summed E-state index contributed by atoms with van der Waals surface area (Å²) in [6, 6.07) is 10.3. The van der Waals surface area contributed by atoms with Crippen molar-refractivity contribution in [1.29, 1.82) is 0 Å². The van der Waals surface area contributed by atoms with Crippen molar-refractivity contribution in [2.24, 2.45) is 5.10 Å². The summed E-state index contributed by atoms with van der Waals surface area (Å²) in [4.78, 5) is 12.5. The van der Waals surface area contributed by atoms with Gasteiger partial charge in [0.1, 0.15) is 18.7 Å². The average Bonchev–Trinajstić information content (AvgIpc) is 3.20. The lowest BCUT2D eigenvalue weighted by Crippen LogP contribution is -2.37. The molecule has 0 aliphatic carbocycles. The number of carbonyl (C=O) groups excluding carboxylic acids is 1. The highest BCUT2D eigenvalue weighted by molar-refractivity contribution is 6.31. The molecule has 0 bridgehead atoms. The minimum Gasteiger partial charge on any atom is -0.492 e. The van der Waals surface area contributed by atoms with Crippen molar-refractivity contribution in [3.8, 4) is 5.75 Å². The van der Waals surface area contributed by atoms with E-state index in [1.165, 1.54) is 12.4 Å². The third-order valence-electron chi connectivity index (χ3n) is 3.82. The van der Waals surface area contributed by atoms with Crippen molar-refractivity contribution in [1.82, 2.24) is 11.1 Å². The van der Waals surface area contributed by atoms with Crippen LogP contribution in [0.2, 0.25) is 5.02 Å². The molecule has 2 aromatic carbocycles. The van der Waals surface area contributed by atoms with Gasteiger partial charge in [0.2, 0.25) is 6.41 Å². The summed E-state index contributed by atoms with van der Waals surface area (Å²) in [5.74, 6) is 0.525. The molecule has 0 fully saturated rings. The highest BCUT2D eigenvalue weighted by atomic mass is 35.5. The number of hydrazone groups is 1. The van der Waals surface area contributed by atoms with Gasteiger partial charge < -0.3 is 9.64 Å². The summed E-state index contributed by atoms with van der Waals surface area (Å²) in [5.41, 5.74) is 5.17. The summed E-state index contributed by atoms with van der Waals surface area (Å²) in [6.07, 6.45) is -2.63. The number of anilines is 2. The number of alkyl halides is 3. The summed E-state index contributed by atoms with van der Waals surface area (Å²) in [6.45, 7) is 0.129. The van der Waals surface area contributed by atoms with E-state index in [4.69, 9.17) is 16.3 Å². The molecule has 28 heavy (non-hydrogen) atoms. The lowest BCUT2D eigenvalue weighted by atomic mass is 10.2. The second-order valence-corrected chi connectivity index (χ2v) is 6.05. The lowest BCUT2D eigenvalue weighted by Gasteiger charge is -2.20. The quantitative estimate of drug-likeness (QED) is 0.682. The molecule has 0 aromatic heterocycles. The molecule has 11 heteroatoms. The number of nitrogens with one attached hydrogen (secondary N) is 2. The first-order valence-electron chi connectivity index (χ1n) is 8.03. The number of hydrogen-bond acceptors (Lipinski definition) is 6. The Bertz CT molecular complexity index is 878. The van der Waals surface area contributed by atoms with Crippen molar-refractivity contribution in [3.05, 3.63) is 53.1 Å². The van der Waals surface area contributed by atoms with Gasteiger partial charge in [-0.2, -0.15) is 18.3 Å². The van der Waals surface area contributed by atoms with Crippen LogP contribution in [0.3, 0.4) is 0 Å². The predicted octanol–water partition coefficient (Wildman–Crippen LogP) is 3.17. The first-order valence-corrected chi connectivity index (χ1v) is 8.41.